The van der Waals surface area contributed by atoms with Crippen molar-refractivity contribution in [3.05, 3.63) is 69.8 Å². The first-order valence-electron chi connectivity index (χ1n) is 9.45. The van der Waals surface area contributed by atoms with Crippen molar-refractivity contribution in [3.8, 4) is 5.75 Å². The Balaban J connectivity index is 1.66. The van der Waals surface area contributed by atoms with Gasteiger partial charge in [-0.1, -0.05) is 30.3 Å². The highest BCUT2D eigenvalue weighted by Gasteiger charge is 2.26. The third kappa shape index (κ3) is 4.86. The summed E-state index contributed by atoms with van der Waals surface area (Å²) in [6.45, 7) is 2.49. The summed E-state index contributed by atoms with van der Waals surface area (Å²) >= 11 is 0. The lowest BCUT2D eigenvalue weighted by atomic mass is 10.0. The number of ether oxygens (including phenoxy) is 1. The monoisotopic (exact) mass is 383 g/mol. The molecule has 1 fully saturated rings. The van der Waals surface area contributed by atoms with Crippen molar-refractivity contribution in [2.75, 3.05) is 26.7 Å². The maximum atomic E-state index is 12.4. The van der Waals surface area contributed by atoms with Crippen molar-refractivity contribution in [2.45, 2.75) is 25.3 Å². The number of nitrogens with zero attached hydrogens (tertiary/aromatic N) is 2. The van der Waals surface area contributed by atoms with Crippen molar-refractivity contribution in [2.24, 2.45) is 0 Å². The molecule has 1 heterocycles. The lowest BCUT2D eigenvalue weighted by Crippen LogP contribution is -2.37. The highest BCUT2D eigenvalue weighted by Crippen LogP contribution is 2.31. The molecule has 1 saturated heterocycles. The van der Waals surface area contributed by atoms with E-state index >= 15 is 0 Å². The van der Waals surface area contributed by atoms with Crippen molar-refractivity contribution < 1.29 is 14.5 Å². The molecule has 1 amide bonds. The number of nitro groups is 1. The number of non-ortho nitro benzene ring substituents is 1. The second-order valence-electron chi connectivity index (χ2n) is 6.91. The summed E-state index contributed by atoms with van der Waals surface area (Å²) in [6.07, 6.45) is 2.50. The quantitative estimate of drug-likeness (QED) is 0.559. The van der Waals surface area contributed by atoms with Gasteiger partial charge in [-0.2, -0.15) is 0 Å². The van der Waals surface area contributed by atoms with Gasteiger partial charge in [0.05, 0.1) is 24.5 Å². The van der Waals surface area contributed by atoms with Crippen LogP contribution in [0, 0.1) is 10.1 Å². The molecule has 0 bridgehead atoms. The predicted octanol–water partition coefficient (Wildman–Crippen LogP) is 3.10. The van der Waals surface area contributed by atoms with E-state index in [-0.39, 0.29) is 24.1 Å². The van der Waals surface area contributed by atoms with Gasteiger partial charge in [-0.15, -0.1) is 0 Å². The molecule has 1 aliphatic heterocycles. The number of nitro benzene ring substituents is 1. The Morgan fingerprint density at radius 3 is 2.50 bits per heavy atom. The Morgan fingerprint density at radius 1 is 1.18 bits per heavy atom. The van der Waals surface area contributed by atoms with E-state index in [1.165, 1.54) is 12.1 Å². The SMILES string of the molecule is COc1ccccc1C(CNC(=O)Cc1ccc([N+](=O)[O-])cc1)N1CCCC1. The minimum Gasteiger partial charge on any atom is -0.496 e. The molecule has 0 saturated carbocycles. The molecule has 1 atom stereocenters. The summed E-state index contributed by atoms with van der Waals surface area (Å²) in [5, 5.41) is 13.8. The number of hydrogen-bond donors (Lipinski definition) is 1. The Morgan fingerprint density at radius 2 is 1.86 bits per heavy atom. The van der Waals surface area contributed by atoms with Crippen LogP contribution in [0.5, 0.6) is 5.75 Å². The van der Waals surface area contributed by atoms with Crippen LogP contribution in [-0.4, -0.2) is 42.5 Å². The van der Waals surface area contributed by atoms with E-state index in [9.17, 15) is 14.9 Å². The Labute approximate surface area is 164 Å². The number of carbonyl (C=O) groups is 1. The van der Waals surface area contributed by atoms with Gasteiger partial charge in [-0.3, -0.25) is 19.8 Å². The first kappa shape index (κ1) is 19.8. The molecule has 28 heavy (non-hydrogen) atoms. The zero-order chi connectivity index (χ0) is 19.9. The number of benzene rings is 2. The lowest BCUT2D eigenvalue weighted by Gasteiger charge is -2.29. The lowest BCUT2D eigenvalue weighted by molar-refractivity contribution is -0.384. The molecule has 1 aliphatic rings. The second kappa shape index (κ2) is 9.32. The molecular formula is C21H25N3O4. The Hall–Kier alpha value is -2.93. The molecule has 0 aromatic heterocycles. The molecule has 0 spiro atoms. The van der Waals surface area contributed by atoms with Gasteiger partial charge in [0, 0.05) is 24.2 Å². The first-order valence-corrected chi connectivity index (χ1v) is 9.45. The fourth-order valence-electron chi connectivity index (χ4n) is 3.62. The fourth-order valence-corrected chi connectivity index (χ4v) is 3.62. The Bertz CT molecular complexity index is 817. The van der Waals surface area contributed by atoms with Gasteiger partial charge in [0.15, 0.2) is 0 Å². The van der Waals surface area contributed by atoms with Crippen LogP contribution >= 0.6 is 0 Å². The topological polar surface area (TPSA) is 84.7 Å². The largest absolute Gasteiger partial charge is 0.496 e. The number of amides is 1. The molecular weight excluding hydrogens is 358 g/mol. The summed E-state index contributed by atoms with van der Waals surface area (Å²) in [7, 11) is 1.66. The number of nitrogens with one attached hydrogen (secondary N) is 1. The number of rotatable bonds is 8. The number of hydrogen-bond acceptors (Lipinski definition) is 5. The Kier molecular flexibility index (Phi) is 6.60. The third-order valence-electron chi connectivity index (χ3n) is 5.08. The van der Waals surface area contributed by atoms with Crippen molar-refractivity contribution in [3.63, 3.8) is 0 Å². The maximum absolute atomic E-state index is 12.4. The molecule has 2 aromatic carbocycles. The molecule has 0 radical (unpaired) electrons. The third-order valence-corrected chi connectivity index (χ3v) is 5.08. The highest BCUT2D eigenvalue weighted by atomic mass is 16.6. The van der Waals surface area contributed by atoms with Gasteiger partial charge in [0.1, 0.15) is 5.75 Å². The highest BCUT2D eigenvalue weighted by molar-refractivity contribution is 5.78. The van der Waals surface area contributed by atoms with E-state index in [0.717, 1.165) is 42.8 Å². The normalized spacial score (nSPS) is 15.2. The van der Waals surface area contributed by atoms with E-state index in [0.29, 0.717) is 6.54 Å². The first-order chi connectivity index (χ1) is 13.6. The minimum atomic E-state index is -0.447. The van der Waals surface area contributed by atoms with Gasteiger partial charge in [0.25, 0.3) is 5.69 Å². The maximum Gasteiger partial charge on any atom is 0.269 e. The molecule has 1 unspecified atom stereocenters. The number of carbonyl (C=O) groups excluding carboxylic acids is 1. The van der Waals surface area contributed by atoms with Crippen LogP contribution in [0.3, 0.4) is 0 Å². The van der Waals surface area contributed by atoms with Gasteiger partial charge in [0.2, 0.25) is 5.91 Å². The summed E-state index contributed by atoms with van der Waals surface area (Å²) in [5.41, 5.74) is 1.84. The van der Waals surface area contributed by atoms with Crippen LogP contribution in [0.4, 0.5) is 5.69 Å². The smallest absolute Gasteiger partial charge is 0.269 e. The average Bonchev–Trinajstić information content (AvgIpc) is 3.23. The van der Waals surface area contributed by atoms with Gasteiger partial charge >= 0.3 is 0 Å². The van der Waals surface area contributed by atoms with Crippen LogP contribution in [-0.2, 0) is 11.2 Å². The van der Waals surface area contributed by atoms with Crippen LogP contribution in [0.1, 0.15) is 30.0 Å². The van der Waals surface area contributed by atoms with Crippen molar-refractivity contribution in [1.29, 1.82) is 0 Å². The van der Waals surface area contributed by atoms with Crippen LogP contribution < -0.4 is 10.1 Å². The zero-order valence-electron chi connectivity index (χ0n) is 16.0. The van der Waals surface area contributed by atoms with Crippen molar-refractivity contribution in [1.82, 2.24) is 10.2 Å². The summed E-state index contributed by atoms with van der Waals surface area (Å²) in [5.74, 6) is 0.719. The standard InChI is InChI=1S/C21H25N3O4/c1-28-20-7-3-2-6-18(20)19(23-12-4-5-13-23)15-22-21(25)14-16-8-10-17(11-9-16)24(26)27/h2-3,6-11,19H,4-5,12-15H2,1H3,(H,22,25). The molecule has 3 rings (SSSR count). The molecule has 0 aliphatic carbocycles. The van der Waals surface area contributed by atoms with E-state index in [4.69, 9.17) is 4.74 Å². The van der Waals surface area contributed by atoms with Crippen molar-refractivity contribution >= 4 is 11.6 Å². The van der Waals surface area contributed by atoms with E-state index in [1.807, 2.05) is 24.3 Å². The molecule has 148 valence electrons. The van der Waals surface area contributed by atoms with Crippen LogP contribution in [0.25, 0.3) is 0 Å². The van der Waals surface area contributed by atoms with E-state index < -0.39 is 4.92 Å². The van der Waals surface area contributed by atoms with Gasteiger partial charge < -0.3 is 10.1 Å². The number of para-hydroxylation sites is 1. The van der Waals surface area contributed by atoms with Gasteiger partial charge in [-0.25, -0.2) is 0 Å². The predicted molar refractivity (Wildman–Crippen MR) is 106 cm³/mol. The minimum absolute atomic E-state index is 0.0226. The average molecular weight is 383 g/mol. The number of likely N-dealkylation sites (tertiary alicyclic amines) is 1. The van der Waals surface area contributed by atoms with Gasteiger partial charge in [-0.05, 0) is 37.6 Å². The molecule has 1 N–H and O–H groups in total. The van der Waals surface area contributed by atoms with E-state index in [1.54, 1.807) is 19.2 Å². The zero-order valence-corrected chi connectivity index (χ0v) is 16.0. The number of methoxy groups -OCH3 is 1. The van der Waals surface area contributed by atoms with Crippen LogP contribution in [0.2, 0.25) is 0 Å². The molecule has 7 heteroatoms. The molecule has 2 aromatic rings. The fraction of sp³-hybridized carbons (Fsp3) is 0.381. The summed E-state index contributed by atoms with van der Waals surface area (Å²) in [6, 6.07) is 14.1. The second-order valence-corrected chi connectivity index (χ2v) is 6.91. The summed E-state index contributed by atoms with van der Waals surface area (Å²) in [4.78, 5) is 25.1. The van der Waals surface area contributed by atoms with Crippen LogP contribution in [0.15, 0.2) is 48.5 Å². The summed E-state index contributed by atoms with van der Waals surface area (Å²) < 4.78 is 5.52. The molecule has 7 nitrogen and oxygen atoms in total. The van der Waals surface area contributed by atoms with E-state index in [2.05, 4.69) is 10.2 Å².